The predicted molar refractivity (Wildman–Crippen MR) is 116 cm³/mol. The molecule has 0 unspecified atom stereocenters. The second-order valence-corrected chi connectivity index (χ2v) is 7.81. The zero-order valence-corrected chi connectivity index (χ0v) is 16.7. The van der Waals surface area contributed by atoms with E-state index in [-0.39, 0.29) is 0 Å². The second kappa shape index (κ2) is 8.26. The van der Waals surface area contributed by atoms with Gasteiger partial charge in [0.25, 0.3) is 0 Å². The van der Waals surface area contributed by atoms with Crippen LogP contribution in [-0.4, -0.2) is 5.96 Å². The molecule has 0 spiro atoms. The minimum atomic E-state index is 0.511. The molecule has 1 aliphatic heterocycles. The summed E-state index contributed by atoms with van der Waals surface area (Å²) >= 11 is 14.1. The topological polar surface area (TPSA) is 36.4 Å². The van der Waals surface area contributed by atoms with E-state index in [2.05, 4.69) is 39.3 Å². The van der Waals surface area contributed by atoms with E-state index in [0.717, 1.165) is 44.1 Å². The fraction of sp³-hybridized carbons (Fsp3) is 0.0952. The molecule has 3 aromatic rings. The third-order valence-electron chi connectivity index (χ3n) is 4.32. The van der Waals surface area contributed by atoms with Crippen LogP contribution in [0.3, 0.4) is 0 Å². The molecule has 0 fully saturated rings. The van der Waals surface area contributed by atoms with Gasteiger partial charge in [-0.15, -0.1) is 0 Å². The molecule has 0 bridgehead atoms. The summed E-state index contributed by atoms with van der Waals surface area (Å²) in [6.07, 6.45) is 0.758. The highest BCUT2D eigenvalue weighted by Gasteiger charge is 2.17. The lowest BCUT2D eigenvalue weighted by molar-refractivity contribution is 1.05. The van der Waals surface area contributed by atoms with Crippen LogP contribution < -0.4 is 10.0 Å². The first-order valence-electron chi connectivity index (χ1n) is 8.54. The normalized spacial score (nSPS) is 14.4. The summed E-state index contributed by atoms with van der Waals surface area (Å²) in [5.74, 6) is 0.721. The molecule has 0 saturated heterocycles. The second-order valence-electron chi connectivity index (χ2n) is 6.14. The Hall–Kier alpha value is -2.14. The van der Waals surface area contributed by atoms with Gasteiger partial charge in [-0.1, -0.05) is 71.7 Å². The summed E-state index contributed by atoms with van der Waals surface area (Å²) in [5.41, 5.74) is 4.35. The average Bonchev–Trinajstić information content (AvgIpc) is 2.69. The number of para-hydroxylation sites is 1. The molecule has 2 N–H and O–H groups in total. The molecule has 1 aliphatic rings. The Kier molecular flexibility index (Phi) is 5.58. The molecule has 27 heavy (non-hydrogen) atoms. The summed E-state index contributed by atoms with van der Waals surface area (Å²) < 4.78 is 3.25. The van der Waals surface area contributed by atoms with Gasteiger partial charge >= 0.3 is 0 Å². The van der Waals surface area contributed by atoms with E-state index in [1.54, 1.807) is 11.9 Å². The summed E-state index contributed by atoms with van der Waals surface area (Å²) in [4.78, 5) is 5.78. The van der Waals surface area contributed by atoms with Gasteiger partial charge in [-0.05, 0) is 46.8 Å². The van der Waals surface area contributed by atoms with Crippen LogP contribution in [0.4, 0.5) is 5.69 Å². The molecule has 3 nitrogen and oxygen atoms in total. The lowest BCUT2D eigenvalue weighted by atomic mass is 10.0. The van der Waals surface area contributed by atoms with Crippen molar-refractivity contribution in [3.05, 3.63) is 93.5 Å². The van der Waals surface area contributed by atoms with E-state index >= 15 is 0 Å². The first-order chi connectivity index (χ1) is 13.2. The number of fused-ring (bicyclic) bond motifs is 1. The number of hydrogen-bond acceptors (Lipinski definition) is 2. The van der Waals surface area contributed by atoms with Crippen molar-refractivity contribution in [2.45, 2.75) is 17.9 Å². The number of nitrogens with zero attached hydrogens (tertiary/aromatic N) is 1. The number of nitrogens with one attached hydrogen (secondary N) is 2. The Morgan fingerprint density at radius 1 is 0.778 bits per heavy atom. The number of aliphatic imine (C=N–C) groups is 1. The average molecular weight is 414 g/mol. The standard InChI is InChI=1S/C21H17Cl2N3S/c22-17-9-3-1-6-14(17)12-15-8-5-11-19-20(15)25-21(26-27-19)24-13-16-7-2-4-10-18(16)23/h1-11H,12-13H2,(H2,24,25,26). The Labute approximate surface area is 172 Å². The number of benzene rings is 3. The zero-order chi connectivity index (χ0) is 18.6. The molecular formula is C21H17Cl2N3S. The van der Waals surface area contributed by atoms with Gasteiger partial charge in [0, 0.05) is 16.5 Å². The van der Waals surface area contributed by atoms with Crippen molar-refractivity contribution in [1.29, 1.82) is 0 Å². The largest absolute Gasteiger partial charge is 0.324 e. The van der Waals surface area contributed by atoms with Gasteiger partial charge in [0.15, 0.2) is 0 Å². The lowest BCUT2D eigenvalue weighted by Gasteiger charge is -2.23. The summed E-state index contributed by atoms with van der Waals surface area (Å²) in [6.45, 7) is 0.511. The van der Waals surface area contributed by atoms with Gasteiger partial charge in [-0.2, -0.15) is 0 Å². The first-order valence-corrected chi connectivity index (χ1v) is 10.1. The number of halogens is 2. The molecule has 0 amide bonds. The van der Waals surface area contributed by atoms with Gasteiger partial charge in [-0.3, -0.25) is 4.72 Å². The third-order valence-corrected chi connectivity index (χ3v) is 5.91. The van der Waals surface area contributed by atoms with Gasteiger partial charge in [0.2, 0.25) is 5.96 Å². The van der Waals surface area contributed by atoms with Crippen molar-refractivity contribution in [2.75, 3.05) is 5.32 Å². The van der Waals surface area contributed by atoms with Crippen LogP contribution in [0, 0.1) is 0 Å². The maximum atomic E-state index is 6.34. The lowest BCUT2D eigenvalue weighted by Crippen LogP contribution is -2.30. The van der Waals surface area contributed by atoms with E-state index in [1.807, 2.05) is 42.5 Å². The quantitative estimate of drug-likeness (QED) is 0.502. The van der Waals surface area contributed by atoms with Gasteiger partial charge in [0.05, 0.1) is 17.1 Å². The van der Waals surface area contributed by atoms with Crippen molar-refractivity contribution in [2.24, 2.45) is 4.99 Å². The van der Waals surface area contributed by atoms with E-state index in [0.29, 0.717) is 6.54 Å². The molecule has 0 atom stereocenters. The van der Waals surface area contributed by atoms with Gasteiger partial charge in [0.1, 0.15) is 0 Å². The Balaban J connectivity index is 1.57. The van der Waals surface area contributed by atoms with E-state index in [9.17, 15) is 0 Å². The van der Waals surface area contributed by atoms with Crippen LogP contribution in [0.15, 0.2) is 76.6 Å². The Morgan fingerprint density at radius 3 is 2.19 bits per heavy atom. The fourth-order valence-corrected chi connectivity index (χ4v) is 4.06. The summed E-state index contributed by atoms with van der Waals surface area (Å²) in [7, 11) is 0. The van der Waals surface area contributed by atoms with Crippen molar-refractivity contribution in [3.63, 3.8) is 0 Å². The van der Waals surface area contributed by atoms with E-state index < -0.39 is 0 Å². The maximum Gasteiger partial charge on any atom is 0.206 e. The van der Waals surface area contributed by atoms with Crippen LogP contribution >= 0.6 is 35.1 Å². The van der Waals surface area contributed by atoms with Crippen LogP contribution in [0.2, 0.25) is 10.0 Å². The van der Waals surface area contributed by atoms with Crippen molar-refractivity contribution >= 4 is 46.8 Å². The predicted octanol–water partition coefficient (Wildman–Crippen LogP) is 6.16. The molecule has 0 saturated carbocycles. The van der Waals surface area contributed by atoms with Crippen LogP contribution in [0.5, 0.6) is 0 Å². The van der Waals surface area contributed by atoms with Crippen molar-refractivity contribution < 1.29 is 0 Å². The molecular weight excluding hydrogens is 397 g/mol. The van der Waals surface area contributed by atoms with E-state index in [4.69, 9.17) is 23.2 Å². The Bertz CT molecular complexity index is 1000. The molecule has 3 aromatic carbocycles. The first kappa shape index (κ1) is 18.2. The minimum absolute atomic E-state index is 0.511. The third kappa shape index (κ3) is 4.24. The molecule has 0 radical (unpaired) electrons. The molecule has 4 rings (SSSR count). The van der Waals surface area contributed by atoms with Crippen molar-refractivity contribution in [3.8, 4) is 0 Å². The number of guanidine groups is 1. The molecule has 6 heteroatoms. The summed E-state index contributed by atoms with van der Waals surface area (Å²) in [5, 5.41) is 4.94. The van der Waals surface area contributed by atoms with Crippen molar-refractivity contribution in [1.82, 2.24) is 4.72 Å². The van der Waals surface area contributed by atoms with Crippen LogP contribution in [-0.2, 0) is 13.0 Å². The molecule has 0 aliphatic carbocycles. The number of rotatable bonds is 4. The van der Waals surface area contributed by atoms with Crippen LogP contribution in [0.1, 0.15) is 16.7 Å². The highest BCUT2D eigenvalue weighted by Crippen LogP contribution is 2.34. The summed E-state index contributed by atoms with van der Waals surface area (Å²) in [6, 6.07) is 22.0. The fourth-order valence-electron chi connectivity index (χ4n) is 2.91. The smallest absolute Gasteiger partial charge is 0.206 e. The van der Waals surface area contributed by atoms with Gasteiger partial charge < -0.3 is 5.32 Å². The Morgan fingerprint density at radius 2 is 1.44 bits per heavy atom. The minimum Gasteiger partial charge on any atom is -0.324 e. The SMILES string of the molecule is Clc1ccccc1CN=C1NSc2cccc(Cc3ccccc3Cl)c2N1. The zero-order valence-electron chi connectivity index (χ0n) is 14.4. The number of anilines is 1. The monoisotopic (exact) mass is 413 g/mol. The van der Waals surface area contributed by atoms with E-state index in [1.165, 1.54) is 5.56 Å². The highest BCUT2D eigenvalue weighted by molar-refractivity contribution is 7.98. The number of hydrogen-bond donors (Lipinski definition) is 2. The highest BCUT2D eigenvalue weighted by atomic mass is 35.5. The molecule has 1 heterocycles. The van der Waals surface area contributed by atoms with Crippen LogP contribution in [0.25, 0.3) is 0 Å². The molecule has 0 aromatic heterocycles. The maximum absolute atomic E-state index is 6.34. The molecule has 136 valence electrons. The van der Waals surface area contributed by atoms with Gasteiger partial charge in [-0.25, -0.2) is 4.99 Å².